The van der Waals surface area contributed by atoms with Gasteiger partial charge in [-0.05, 0) is 72.5 Å². The summed E-state index contributed by atoms with van der Waals surface area (Å²) in [7, 11) is 0. The molecular formula is C15H21BrN2. The lowest BCUT2D eigenvalue weighted by atomic mass is 9.68. The van der Waals surface area contributed by atoms with Gasteiger partial charge < -0.3 is 5.32 Å². The predicted molar refractivity (Wildman–Crippen MR) is 78.8 cm³/mol. The Hall–Kier alpha value is -0.570. The second-order valence-corrected chi connectivity index (χ2v) is 6.63. The maximum absolute atomic E-state index is 4.49. The highest BCUT2D eigenvalue weighted by Crippen LogP contribution is 2.41. The highest BCUT2D eigenvalue weighted by Gasteiger charge is 2.36. The summed E-state index contributed by atoms with van der Waals surface area (Å²) >= 11 is 3.43. The van der Waals surface area contributed by atoms with Crippen LogP contribution in [0.15, 0.2) is 16.7 Å². The smallest absolute Gasteiger partial charge is 0.106 e. The first kappa shape index (κ1) is 12.5. The van der Waals surface area contributed by atoms with Crippen LogP contribution in [0.1, 0.15) is 44.2 Å². The second kappa shape index (κ2) is 5.20. The SMILES string of the molecule is Cc1nc(Br)ccc1NC(C1CCC1)C1CCC1. The third kappa shape index (κ3) is 2.42. The van der Waals surface area contributed by atoms with Gasteiger partial charge in [-0.15, -0.1) is 0 Å². The van der Waals surface area contributed by atoms with Crippen LogP contribution in [0.5, 0.6) is 0 Å². The van der Waals surface area contributed by atoms with E-state index in [9.17, 15) is 0 Å². The standard InChI is InChI=1S/C15H21BrN2/c1-10-13(8-9-14(16)17-10)18-15(11-4-2-5-11)12-6-3-7-12/h8-9,11-12,15,18H,2-7H2,1H3. The van der Waals surface area contributed by atoms with Crippen LogP contribution >= 0.6 is 15.9 Å². The van der Waals surface area contributed by atoms with Gasteiger partial charge in [0, 0.05) is 6.04 Å². The van der Waals surface area contributed by atoms with Crippen LogP contribution in [0, 0.1) is 18.8 Å². The van der Waals surface area contributed by atoms with E-state index >= 15 is 0 Å². The molecule has 18 heavy (non-hydrogen) atoms. The van der Waals surface area contributed by atoms with Crippen molar-refractivity contribution in [2.75, 3.05) is 5.32 Å². The normalized spacial score (nSPS) is 20.6. The van der Waals surface area contributed by atoms with Crippen molar-refractivity contribution >= 4 is 21.6 Å². The maximum atomic E-state index is 4.49. The summed E-state index contributed by atoms with van der Waals surface area (Å²) in [5.74, 6) is 1.80. The summed E-state index contributed by atoms with van der Waals surface area (Å²) in [6.07, 6.45) is 8.50. The zero-order chi connectivity index (χ0) is 12.5. The van der Waals surface area contributed by atoms with E-state index in [4.69, 9.17) is 0 Å². The Bertz CT molecular complexity index is 411. The van der Waals surface area contributed by atoms with Crippen molar-refractivity contribution in [2.45, 2.75) is 51.5 Å². The fourth-order valence-corrected chi connectivity index (χ4v) is 3.48. The van der Waals surface area contributed by atoms with Crippen molar-refractivity contribution in [3.05, 3.63) is 22.4 Å². The van der Waals surface area contributed by atoms with Gasteiger partial charge in [-0.1, -0.05) is 12.8 Å². The molecule has 2 fully saturated rings. The molecule has 1 heterocycles. The lowest BCUT2D eigenvalue weighted by Gasteiger charge is -2.43. The largest absolute Gasteiger partial charge is 0.380 e. The van der Waals surface area contributed by atoms with Gasteiger partial charge in [-0.2, -0.15) is 0 Å². The molecule has 1 N–H and O–H groups in total. The number of rotatable bonds is 4. The Morgan fingerprint density at radius 3 is 2.22 bits per heavy atom. The van der Waals surface area contributed by atoms with Crippen molar-refractivity contribution in [3.8, 4) is 0 Å². The average Bonchev–Trinajstić information content (AvgIpc) is 2.16. The molecule has 0 radical (unpaired) electrons. The molecule has 3 rings (SSSR count). The molecule has 98 valence electrons. The van der Waals surface area contributed by atoms with E-state index in [1.807, 2.05) is 6.07 Å². The van der Waals surface area contributed by atoms with Crippen molar-refractivity contribution in [1.29, 1.82) is 0 Å². The van der Waals surface area contributed by atoms with Gasteiger partial charge in [0.05, 0.1) is 11.4 Å². The minimum Gasteiger partial charge on any atom is -0.380 e. The highest BCUT2D eigenvalue weighted by atomic mass is 79.9. The number of aromatic nitrogens is 1. The molecule has 0 bridgehead atoms. The number of nitrogens with zero attached hydrogens (tertiary/aromatic N) is 1. The van der Waals surface area contributed by atoms with E-state index in [0.29, 0.717) is 6.04 Å². The van der Waals surface area contributed by atoms with Crippen LogP contribution in [0.25, 0.3) is 0 Å². The summed E-state index contributed by atoms with van der Waals surface area (Å²) < 4.78 is 0.925. The van der Waals surface area contributed by atoms with Crippen molar-refractivity contribution in [1.82, 2.24) is 4.98 Å². The summed E-state index contributed by atoms with van der Waals surface area (Å²) in [6.45, 7) is 2.09. The Morgan fingerprint density at radius 1 is 1.17 bits per heavy atom. The molecule has 3 heteroatoms. The van der Waals surface area contributed by atoms with Crippen molar-refractivity contribution < 1.29 is 0 Å². The molecule has 0 amide bonds. The fourth-order valence-electron chi connectivity index (χ4n) is 3.08. The van der Waals surface area contributed by atoms with Crippen molar-refractivity contribution in [2.24, 2.45) is 11.8 Å². The summed E-state index contributed by atoms with van der Waals surface area (Å²) in [6, 6.07) is 4.89. The van der Waals surface area contributed by atoms with Gasteiger partial charge in [-0.3, -0.25) is 0 Å². The molecule has 0 aromatic carbocycles. The van der Waals surface area contributed by atoms with E-state index in [2.05, 4.69) is 39.2 Å². The van der Waals surface area contributed by atoms with Crippen LogP contribution in [-0.4, -0.2) is 11.0 Å². The number of hydrogen-bond donors (Lipinski definition) is 1. The molecule has 2 aliphatic rings. The molecule has 0 unspecified atom stereocenters. The number of halogens is 1. The number of aryl methyl sites for hydroxylation is 1. The lowest BCUT2D eigenvalue weighted by molar-refractivity contribution is 0.166. The Labute approximate surface area is 118 Å². The lowest BCUT2D eigenvalue weighted by Crippen LogP contribution is -2.42. The Kier molecular flexibility index (Phi) is 3.60. The van der Waals surface area contributed by atoms with Crippen LogP contribution in [-0.2, 0) is 0 Å². The maximum Gasteiger partial charge on any atom is 0.106 e. The molecule has 2 nitrogen and oxygen atoms in total. The van der Waals surface area contributed by atoms with E-state index < -0.39 is 0 Å². The molecular weight excluding hydrogens is 288 g/mol. The molecule has 0 aliphatic heterocycles. The number of nitrogens with one attached hydrogen (secondary N) is 1. The van der Waals surface area contributed by atoms with Crippen LogP contribution in [0.3, 0.4) is 0 Å². The first-order chi connectivity index (χ1) is 8.74. The van der Waals surface area contributed by atoms with E-state index in [-0.39, 0.29) is 0 Å². The van der Waals surface area contributed by atoms with Crippen LogP contribution in [0.4, 0.5) is 5.69 Å². The Morgan fingerprint density at radius 2 is 1.78 bits per heavy atom. The number of anilines is 1. The zero-order valence-corrected chi connectivity index (χ0v) is 12.5. The van der Waals surface area contributed by atoms with E-state index in [1.165, 1.54) is 44.2 Å². The first-order valence-electron chi connectivity index (χ1n) is 7.14. The minimum absolute atomic E-state index is 0.689. The third-order valence-electron chi connectivity index (χ3n) is 4.69. The summed E-state index contributed by atoms with van der Waals surface area (Å²) in [5, 5.41) is 3.80. The summed E-state index contributed by atoms with van der Waals surface area (Å²) in [5.41, 5.74) is 2.33. The second-order valence-electron chi connectivity index (χ2n) is 5.82. The molecule has 2 aliphatic carbocycles. The predicted octanol–water partition coefficient (Wildman–Crippen LogP) is 4.53. The first-order valence-corrected chi connectivity index (χ1v) is 7.93. The highest BCUT2D eigenvalue weighted by molar-refractivity contribution is 9.10. The fraction of sp³-hybridized carbons (Fsp3) is 0.667. The number of pyridine rings is 1. The van der Waals surface area contributed by atoms with Gasteiger partial charge in [-0.25, -0.2) is 4.98 Å². The third-order valence-corrected chi connectivity index (χ3v) is 5.13. The molecule has 0 saturated heterocycles. The quantitative estimate of drug-likeness (QED) is 0.826. The zero-order valence-electron chi connectivity index (χ0n) is 11.0. The summed E-state index contributed by atoms with van der Waals surface area (Å²) in [4.78, 5) is 4.49. The van der Waals surface area contributed by atoms with E-state index in [1.54, 1.807) is 0 Å². The van der Waals surface area contributed by atoms with Gasteiger partial charge in [0.1, 0.15) is 4.60 Å². The van der Waals surface area contributed by atoms with Crippen LogP contribution in [0.2, 0.25) is 0 Å². The molecule has 1 aromatic heterocycles. The average molecular weight is 309 g/mol. The Balaban J connectivity index is 1.74. The molecule has 0 spiro atoms. The molecule has 0 atom stereocenters. The monoisotopic (exact) mass is 308 g/mol. The molecule has 2 saturated carbocycles. The van der Waals surface area contributed by atoms with E-state index in [0.717, 1.165) is 22.1 Å². The van der Waals surface area contributed by atoms with Gasteiger partial charge >= 0.3 is 0 Å². The van der Waals surface area contributed by atoms with Crippen molar-refractivity contribution in [3.63, 3.8) is 0 Å². The van der Waals surface area contributed by atoms with Gasteiger partial charge in [0.25, 0.3) is 0 Å². The number of hydrogen-bond acceptors (Lipinski definition) is 2. The topological polar surface area (TPSA) is 24.9 Å². The van der Waals surface area contributed by atoms with Crippen LogP contribution < -0.4 is 5.32 Å². The van der Waals surface area contributed by atoms with Gasteiger partial charge in [0.15, 0.2) is 0 Å². The minimum atomic E-state index is 0.689. The van der Waals surface area contributed by atoms with Gasteiger partial charge in [0.2, 0.25) is 0 Å². The molecule has 1 aromatic rings.